The molecule has 1 aliphatic rings. The predicted molar refractivity (Wildman–Crippen MR) is 104 cm³/mol. The molecule has 2 N–H and O–H groups in total. The zero-order chi connectivity index (χ0) is 19.8. The van der Waals surface area contributed by atoms with E-state index in [-0.39, 0.29) is 11.9 Å². The summed E-state index contributed by atoms with van der Waals surface area (Å²) in [5.41, 5.74) is 0.293. The average Bonchev–Trinajstić information content (AvgIpc) is 2.62. The Kier molecular flexibility index (Phi) is 7.82. The number of hydrogen-bond acceptors (Lipinski definition) is 3. The number of hydrogen-bond donors (Lipinski definition) is 2. The maximum absolute atomic E-state index is 14.0. The molecule has 1 aromatic carbocycles. The lowest BCUT2D eigenvalue weighted by molar-refractivity contribution is -0.121. The topological polar surface area (TPSA) is 60.0 Å². The van der Waals surface area contributed by atoms with Crippen LogP contribution in [-0.2, 0) is 4.79 Å². The zero-order valence-electron chi connectivity index (χ0n) is 16.3. The van der Waals surface area contributed by atoms with Gasteiger partial charge in [-0.05, 0) is 32.9 Å². The largest absolute Gasteiger partial charge is 0.366 e. The van der Waals surface area contributed by atoms with Crippen LogP contribution in [0.3, 0.4) is 0 Å². The standard InChI is InChI=1S/C19H29F2N5O/c1-4-22-19(23-8-7-18(27)24-14(2)3)26-11-9-25(10-12-26)17-13-15(20)5-6-16(17)21/h5-6,13-14H,4,7-12H2,1-3H3,(H,22,23)(H,24,27). The molecule has 6 nitrogen and oxygen atoms in total. The maximum atomic E-state index is 14.0. The predicted octanol–water partition coefficient (Wildman–Crippen LogP) is 1.97. The van der Waals surface area contributed by atoms with Gasteiger partial charge in [0.2, 0.25) is 5.91 Å². The molecule has 27 heavy (non-hydrogen) atoms. The fourth-order valence-electron chi connectivity index (χ4n) is 2.97. The van der Waals surface area contributed by atoms with Crippen LogP contribution in [0.1, 0.15) is 27.2 Å². The van der Waals surface area contributed by atoms with Gasteiger partial charge in [-0.25, -0.2) is 8.78 Å². The van der Waals surface area contributed by atoms with Crippen molar-refractivity contribution in [2.75, 3.05) is 44.2 Å². The van der Waals surface area contributed by atoms with Gasteiger partial charge in [-0.3, -0.25) is 9.79 Å². The highest BCUT2D eigenvalue weighted by Crippen LogP contribution is 2.21. The van der Waals surface area contributed by atoms with Gasteiger partial charge in [0.15, 0.2) is 5.96 Å². The number of piperazine rings is 1. The van der Waals surface area contributed by atoms with Crippen molar-refractivity contribution in [1.29, 1.82) is 0 Å². The Morgan fingerprint density at radius 1 is 1.22 bits per heavy atom. The third kappa shape index (κ3) is 6.37. The van der Waals surface area contributed by atoms with Crippen LogP contribution >= 0.6 is 0 Å². The summed E-state index contributed by atoms with van der Waals surface area (Å²) in [5, 5.41) is 6.08. The van der Waals surface area contributed by atoms with E-state index >= 15 is 0 Å². The van der Waals surface area contributed by atoms with E-state index in [1.807, 2.05) is 25.7 Å². The number of benzene rings is 1. The zero-order valence-corrected chi connectivity index (χ0v) is 16.3. The third-order valence-electron chi connectivity index (χ3n) is 4.21. The van der Waals surface area contributed by atoms with E-state index < -0.39 is 11.6 Å². The van der Waals surface area contributed by atoms with Crippen LogP contribution in [0, 0.1) is 11.6 Å². The fourth-order valence-corrected chi connectivity index (χ4v) is 2.97. The summed E-state index contributed by atoms with van der Waals surface area (Å²) in [7, 11) is 0. The van der Waals surface area contributed by atoms with E-state index in [0.29, 0.717) is 44.8 Å². The van der Waals surface area contributed by atoms with E-state index in [1.54, 1.807) is 0 Å². The monoisotopic (exact) mass is 381 g/mol. The van der Waals surface area contributed by atoms with Crippen LogP contribution in [0.5, 0.6) is 0 Å². The van der Waals surface area contributed by atoms with Crippen molar-refractivity contribution >= 4 is 17.6 Å². The molecule has 1 heterocycles. The van der Waals surface area contributed by atoms with Gasteiger partial charge in [-0.2, -0.15) is 0 Å². The first-order valence-electron chi connectivity index (χ1n) is 9.43. The highest BCUT2D eigenvalue weighted by Gasteiger charge is 2.22. The Bertz CT molecular complexity index is 658. The Hall–Kier alpha value is -2.38. The summed E-state index contributed by atoms with van der Waals surface area (Å²) in [5.74, 6) is -0.129. The van der Waals surface area contributed by atoms with E-state index in [4.69, 9.17) is 0 Å². The number of nitrogens with zero attached hydrogens (tertiary/aromatic N) is 3. The molecule has 1 aliphatic heterocycles. The van der Waals surface area contributed by atoms with Gasteiger partial charge in [0.1, 0.15) is 11.6 Å². The molecule has 150 valence electrons. The van der Waals surface area contributed by atoms with Gasteiger partial charge >= 0.3 is 0 Å². The lowest BCUT2D eigenvalue weighted by Crippen LogP contribution is -2.52. The lowest BCUT2D eigenvalue weighted by atomic mass is 10.2. The van der Waals surface area contributed by atoms with Crippen LogP contribution in [0.4, 0.5) is 14.5 Å². The van der Waals surface area contributed by atoms with Gasteiger partial charge in [-0.15, -0.1) is 0 Å². The molecule has 0 spiro atoms. The van der Waals surface area contributed by atoms with Crippen molar-refractivity contribution in [2.24, 2.45) is 4.99 Å². The molecule has 1 amide bonds. The van der Waals surface area contributed by atoms with Crippen LogP contribution < -0.4 is 15.5 Å². The summed E-state index contributed by atoms with van der Waals surface area (Å²) in [6.07, 6.45) is 0.335. The van der Waals surface area contributed by atoms with Crippen molar-refractivity contribution < 1.29 is 13.6 Å². The first kappa shape index (κ1) is 20.9. The van der Waals surface area contributed by atoms with Crippen LogP contribution in [-0.4, -0.2) is 62.1 Å². The second kappa shape index (κ2) is 10.1. The van der Waals surface area contributed by atoms with Crippen molar-refractivity contribution in [3.63, 3.8) is 0 Å². The summed E-state index contributed by atoms with van der Waals surface area (Å²) in [6.45, 7) is 9.37. The van der Waals surface area contributed by atoms with Gasteiger partial charge < -0.3 is 20.4 Å². The molecule has 8 heteroatoms. The SMILES string of the molecule is CCNC(=NCCC(=O)NC(C)C)N1CCN(c2cc(F)ccc2F)CC1. The van der Waals surface area contributed by atoms with E-state index in [0.717, 1.165) is 24.6 Å². The smallest absolute Gasteiger partial charge is 0.222 e. The minimum atomic E-state index is -0.441. The Labute approximate surface area is 159 Å². The lowest BCUT2D eigenvalue weighted by Gasteiger charge is -2.37. The van der Waals surface area contributed by atoms with E-state index in [2.05, 4.69) is 20.5 Å². The minimum Gasteiger partial charge on any atom is -0.366 e. The normalized spacial score (nSPS) is 15.3. The molecule has 1 fully saturated rings. The number of carbonyl (C=O) groups is 1. The van der Waals surface area contributed by atoms with Crippen LogP contribution in [0.25, 0.3) is 0 Å². The van der Waals surface area contributed by atoms with Crippen LogP contribution in [0.15, 0.2) is 23.2 Å². The highest BCUT2D eigenvalue weighted by molar-refractivity contribution is 5.81. The summed E-state index contributed by atoms with van der Waals surface area (Å²) >= 11 is 0. The van der Waals surface area contributed by atoms with Crippen molar-refractivity contribution in [3.8, 4) is 0 Å². The first-order valence-corrected chi connectivity index (χ1v) is 9.43. The molecule has 0 unspecified atom stereocenters. The number of guanidine groups is 1. The Morgan fingerprint density at radius 2 is 1.93 bits per heavy atom. The van der Waals surface area contributed by atoms with E-state index in [1.165, 1.54) is 6.07 Å². The molecule has 0 radical (unpaired) electrons. The van der Waals surface area contributed by atoms with Crippen LogP contribution in [0.2, 0.25) is 0 Å². The number of rotatable bonds is 6. The molecule has 0 bridgehead atoms. The molecular formula is C19H29F2N5O. The number of anilines is 1. The van der Waals surface area contributed by atoms with Gasteiger partial charge in [0, 0.05) is 51.3 Å². The third-order valence-corrected chi connectivity index (χ3v) is 4.21. The number of halogens is 2. The molecular weight excluding hydrogens is 352 g/mol. The van der Waals surface area contributed by atoms with Crippen molar-refractivity contribution in [1.82, 2.24) is 15.5 Å². The maximum Gasteiger partial charge on any atom is 0.222 e. The molecule has 0 atom stereocenters. The molecule has 1 aromatic rings. The number of amides is 1. The summed E-state index contributed by atoms with van der Waals surface area (Å²) in [4.78, 5) is 20.2. The second-order valence-electron chi connectivity index (χ2n) is 6.78. The van der Waals surface area contributed by atoms with Crippen molar-refractivity contribution in [2.45, 2.75) is 33.2 Å². The number of nitrogens with one attached hydrogen (secondary N) is 2. The Balaban J connectivity index is 1.93. The van der Waals surface area contributed by atoms with E-state index in [9.17, 15) is 13.6 Å². The van der Waals surface area contributed by atoms with Crippen molar-refractivity contribution in [3.05, 3.63) is 29.8 Å². The minimum absolute atomic E-state index is 0.0176. The highest BCUT2D eigenvalue weighted by atomic mass is 19.1. The summed E-state index contributed by atoms with van der Waals surface area (Å²) in [6, 6.07) is 3.63. The average molecular weight is 381 g/mol. The number of carbonyl (C=O) groups excluding carboxylic acids is 1. The fraction of sp³-hybridized carbons (Fsp3) is 0.579. The molecule has 1 saturated heterocycles. The molecule has 0 saturated carbocycles. The number of aliphatic imine (C=N–C) groups is 1. The first-order chi connectivity index (χ1) is 12.9. The van der Waals surface area contributed by atoms with Gasteiger partial charge in [-0.1, -0.05) is 0 Å². The summed E-state index contributed by atoms with van der Waals surface area (Å²) < 4.78 is 27.4. The van der Waals surface area contributed by atoms with Gasteiger partial charge in [0.05, 0.1) is 12.2 Å². The van der Waals surface area contributed by atoms with Gasteiger partial charge in [0.25, 0.3) is 0 Å². The Morgan fingerprint density at radius 3 is 2.56 bits per heavy atom. The molecule has 0 aromatic heterocycles. The molecule has 0 aliphatic carbocycles. The quantitative estimate of drug-likeness (QED) is 0.584. The second-order valence-corrected chi connectivity index (χ2v) is 6.78. The molecule has 2 rings (SSSR count).